The molecule has 27 heavy (non-hydrogen) atoms. The summed E-state index contributed by atoms with van der Waals surface area (Å²) in [5, 5.41) is 11.7. The van der Waals surface area contributed by atoms with Gasteiger partial charge < -0.3 is 24.6 Å². The van der Waals surface area contributed by atoms with Crippen molar-refractivity contribution in [3.05, 3.63) is 30.5 Å². The van der Waals surface area contributed by atoms with Gasteiger partial charge in [-0.15, -0.1) is 5.10 Å². The molecular weight excluding hydrogens is 344 g/mol. The van der Waals surface area contributed by atoms with Crippen LogP contribution >= 0.6 is 0 Å². The highest BCUT2D eigenvalue weighted by Gasteiger charge is 2.22. The van der Waals surface area contributed by atoms with Crippen molar-refractivity contribution < 1.29 is 9.47 Å². The summed E-state index contributed by atoms with van der Waals surface area (Å²) in [7, 11) is 1.71. The lowest BCUT2D eigenvalue weighted by Gasteiger charge is -2.36. The van der Waals surface area contributed by atoms with E-state index in [0.29, 0.717) is 5.95 Å². The molecule has 1 N–H and O–H groups in total. The van der Waals surface area contributed by atoms with E-state index in [1.807, 2.05) is 18.2 Å². The maximum atomic E-state index is 5.64. The van der Waals surface area contributed by atoms with Crippen molar-refractivity contribution in [2.24, 2.45) is 0 Å². The summed E-state index contributed by atoms with van der Waals surface area (Å²) in [5.74, 6) is 2.33. The van der Waals surface area contributed by atoms with Gasteiger partial charge in [-0.1, -0.05) is 12.1 Å². The van der Waals surface area contributed by atoms with Gasteiger partial charge >= 0.3 is 0 Å². The number of benzene rings is 1. The topological polar surface area (TPSA) is 75.6 Å². The van der Waals surface area contributed by atoms with Crippen LogP contribution in [0, 0.1) is 0 Å². The van der Waals surface area contributed by atoms with Crippen LogP contribution in [0.15, 0.2) is 30.5 Å². The maximum Gasteiger partial charge on any atom is 0.247 e. The van der Waals surface area contributed by atoms with Gasteiger partial charge in [0, 0.05) is 39.3 Å². The number of ether oxygens (including phenoxy) is 2. The van der Waals surface area contributed by atoms with E-state index in [4.69, 9.17) is 9.47 Å². The van der Waals surface area contributed by atoms with Crippen molar-refractivity contribution >= 4 is 17.5 Å². The molecule has 2 aromatic rings. The van der Waals surface area contributed by atoms with Gasteiger partial charge in [0.1, 0.15) is 5.75 Å². The number of para-hydroxylation sites is 2. The standard InChI is InChI=1S/C19H26N6O2/c1-26-17-7-3-2-6-16(17)24-8-10-25(11-9-24)19-22-18(14-21-23-19)20-13-15-5-4-12-27-15/h2-3,6-7,14-15H,4-5,8-13H2,1H3,(H,20,22,23). The van der Waals surface area contributed by atoms with Crippen molar-refractivity contribution in [1.82, 2.24) is 15.2 Å². The Hall–Kier alpha value is -2.61. The molecule has 144 valence electrons. The molecule has 8 nitrogen and oxygen atoms in total. The molecule has 1 atom stereocenters. The Morgan fingerprint density at radius 2 is 2.00 bits per heavy atom. The van der Waals surface area contributed by atoms with Gasteiger partial charge in [0.2, 0.25) is 5.95 Å². The zero-order valence-electron chi connectivity index (χ0n) is 15.7. The molecule has 2 aliphatic heterocycles. The third-order valence-corrected chi connectivity index (χ3v) is 5.07. The van der Waals surface area contributed by atoms with Crippen LogP contribution < -0.4 is 19.9 Å². The maximum absolute atomic E-state index is 5.64. The minimum absolute atomic E-state index is 0.271. The fourth-order valence-electron chi connectivity index (χ4n) is 3.58. The number of hydrogen-bond acceptors (Lipinski definition) is 8. The number of rotatable bonds is 6. The summed E-state index contributed by atoms with van der Waals surface area (Å²) in [5.41, 5.74) is 1.13. The largest absolute Gasteiger partial charge is 0.495 e. The van der Waals surface area contributed by atoms with Crippen molar-refractivity contribution in [3.63, 3.8) is 0 Å². The quantitative estimate of drug-likeness (QED) is 0.825. The first-order chi connectivity index (χ1) is 13.3. The Balaban J connectivity index is 1.35. The molecule has 0 amide bonds. The van der Waals surface area contributed by atoms with Crippen LogP contribution in [-0.2, 0) is 4.74 Å². The van der Waals surface area contributed by atoms with Crippen LogP contribution in [0.25, 0.3) is 0 Å². The van der Waals surface area contributed by atoms with Gasteiger partial charge in [0.05, 0.1) is 25.1 Å². The van der Waals surface area contributed by atoms with Gasteiger partial charge in [-0.25, -0.2) is 0 Å². The molecule has 1 aromatic heterocycles. The summed E-state index contributed by atoms with van der Waals surface area (Å²) >= 11 is 0. The van der Waals surface area contributed by atoms with E-state index in [1.54, 1.807) is 13.3 Å². The number of anilines is 3. The van der Waals surface area contributed by atoms with Crippen molar-refractivity contribution in [2.75, 3.05) is 61.6 Å². The Kier molecular flexibility index (Phi) is 5.53. The second-order valence-electron chi connectivity index (χ2n) is 6.80. The van der Waals surface area contributed by atoms with Gasteiger partial charge in [-0.05, 0) is 25.0 Å². The molecule has 1 aromatic carbocycles. The van der Waals surface area contributed by atoms with Crippen LogP contribution in [0.4, 0.5) is 17.5 Å². The summed E-state index contributed by atoms with van der Waals surface area (Å²) in [6, 6.07) is 8.13. The third-order valence-electron chi connectivity index (χ3n) is 5.07. The molecule has 0 bridgehead atoms. The van der Waals surface area contributed by atoms with E-state index in [0.717, 1.165) is 69.4 Å². The lowest BCUT2D eigenvalue weighted by atomic mass is 10.2. The first kappa shape index (κ1) is 17.8. The first-order valence-corrected chi connectivity index (χ1v) is 9.51. The van der Waals surface area contributed by atoms with Gasteiger partial charge in [-0.2, -0.15) is 10.1 Å². The average Bonchev–Trinajstić information content (AvgIpc) is 3.26. The molecular formula is C19H26N6O2. The molecule has 1 unspecified atom stereocenters. The van der Waals surface area contributed by atoms with Crippen molar-refractivity contribution in [3.8, 4) is 5.75 Å². The lowest BCUT2D eigenvalue weighted by Crippen LogP contribution is -2.47. The number of hydrogen-bond donors (Lipinski definition) is 1. The summed E-state index contributed by atoms with van der Waals surface area (Å²) in [6.07, 6.45) is 4.18. The molecule has 2 saturated heterocycles. The fourth-order valence-corrected chi connectivity index (χ4v) is 3.58. The zero-order chi connectivity index (χ0) is 18.5. The van der Waals surface area contributed by atoms with E-state index in [9.17, 15) is 0 Å². The van der Waals surface area contributed by atoms with E-state index in [1.165, 1.54) is 0 Å². The predicted molar refractivity (Wildman–Crippen MR) is 105 cm³/mol. The molecule has 4 rings (SSSR count). The molecule has 0 aliphatic carbocycles. The van der Waals surface area contributed by atoms with Crippen LogP contribution in [-0.4, -0.2) is 67.7 Å². The highest BCUT2D eigenvalue weighted by molar-refractivity contribution is 5.59. The van der Waals surface area contributed by atoms with E-state index in [2.05, 4.69) is 36.4 Å². The van der Waals surface area contributed by atoms with Gasteiger partial charge in [-0.3, -0.25) is 0 Å². The summed E-state index contributed by atoms with van der Waals surface area (Å²) < 4.78 is 11.1. The molecule has 2 aliphatic rings. The molecule has 0 spiro atoms. The molecule has 8 heteroatoms. The number of nitrogens with zero attached hydrogens (tertiary/aromatic N) is 5. The minimum atomic E-state index is 0.271. The molecule has 2 fully saturated rings. The number of piperazine rings is 1. The lowest BCUT2D eigenvalue weighted by molar-refractivity contribution is 0.120. The monoisotopic (exact) mass is 370 g/mol. The third kappa shape index (κ3) is 4.21. The summed E-state index contributed by atoms with van der Waals surface area (Å²) in [4.78, 5) is 9.14. The Labute approximate surface area is 159 Å². The summed E-state index contributed by atoms with van der Waals surface area (Å²) in [6.45, 7) is 5.08. The second kappa shape index (κ2) is 8.39. The van der Waals surface area contributed by atoms with E-state index < -0.39 is 0 Å². The first-order valence-electron chi connectivity index (χ1n) is 9.51. The highest BCUT2D eigenvalue weighted by atomic mass is 16.5. The van der Waals surface area contributed by atoms with Crippen molar-refractivity contribution in [1.29, 1.82) is 0 Å². The van der Waals surface area contributed by atoms with Crippen molar-refractivity contribution in [2.45, 2.75) is 18.9 Å². The zero-order valence-corrected chi connectivity index (χ0v) is 15.7. The Morgan fingerprint density at radius 1 is 1.19 bits per heavy atom. The average molecular weight is 370 g/mol. The Morgan fingerprint density at radius 3 is 2.78 bits per heavy atom. The highest BCUT2D eigenvalue weighted by Crippen LogP contribution is 2.28. The molecule has 3 heterocycles. The van der Waals surface area contributed by atoms with Crippen LogP contribution in [0.2, 0.25) is 0 Å². The van der Waals surface area contributed by atoms with E-state index >= 15 is 0 Å². The predicted octanol–water partition coefficient (Wildman–Crippen LogP) is 1.80. The molecule has 0 radical (unpaired) electrons. The van der Waals surface area contributed by atoms with Crippen LogP contribution in [0.1, 0.15) is 12.8 Å². The fraction of sp³-hybridized carbons (Fsp3) is 0.526. The number of aromatic nitrogens is 3. The second-order valence-corrected chi connectivity index (χ2v) is 6.80. The Bertz CT molecular complexity index is 744. The van der Waals surface area contributed by atoms with E-state index in [-0.39, 0.29) is 6.10 Å². The van der Waals surface area contributed by atoms with Crippen LogP contribution in [0.3, 0.4) is 0 Å². The number of methoxy groups -OCH3 is 1. The number of nitrogens with one attached hydrogen (secondary N) is 1. The smallest absolute Gasteiger partial charge is 0.247 e. The van der Waals surface area contributed by atoms with Gasteiger partial charge in [0.25, 0.3) is 0 Å². The SMILES string of the molecule is COc1ccccc1N1CCN(c2nncc(NCC3CCCO3)n2)CC1. The van der Waals surface area contributed by atoms with Crippen LogP contribution in [0.5, 0.6) is 5.75 Å². The normalized spacial score (nSPS) is 20.0. The molecule has 0 saturated carbocycles. The van der Waals surface area contributed by atoms with Gasteiger partial charge in [0.15, 0.2) is 5.82 Å². The minimum Gasteiger partial charge on any atom is -0.495 e.